The molecule has 0 aliphatic carbocycles. The molecule has 102 valence electrons. The van der Waals surface area contributed by atoms with Gasteiger partial charge in [-0.25, -0.2) is 0 Å². The van der Waals surface area contributed by atoms with Gasteiger partial charge in [0.2, 0.25) is 0 Å². The van der Waals surface area contributed by atoms with Gasteiger partial charge in [0.25, 0.3) is 0 Å². The molecule has 0 amide bonds. The number of nitrogens with one attached hydrogen (secondary N) is 1. The lowest BCUT2D eigenvalue weighted by atomic mass is 10.1. The first-order valence-corrected chi connectivity index (χ1v) is 6.65. The molecule has 1 aromatic carbocycles. The van der Waals surface area contributed by atoms with E-state index in [1.54, 1.807) is 6.20 Å². The van der Waals surface area contributed by atoms with Gasteiger partial charge in [-0.1, -0.05) is 24.2 Å². The monoisotopic (exact) mass is 260 g/mol. The molecule has 2 aromatic rings. The van der Waals surface area contributed by atoms with E-state index in [-0.39, 0.29) is 6.04 Å². The lowest BCUT2D eigenvalue weighted by Gasteiger charge is -2.13. The molecule has 0 bridgehead atoms. The normalized spacial score (nSPS) is 12.3. The van der Waals surface area contributed by atoms with Crippen molar-refractivity contribution < 1.29 is 9.26 Å². The average molecular weight is 260 g/mol. The van der Waals surface area contributed by atoms with Gasteiger partial charge in [-0.3, -0.25) is 0 Å². The van der Waals surface area contributed by atoms with Crippen LogP contribution in [-0.2, 0) is 6.54 Å². The van der Waals surface area contributed by atoms with E-state index in [9.17, 15) is 0 Å². The molecule has 0 spiro atoms. The van der Waals surface area contributed by atoms with Crippen LogP contribution in [0, 0.1) is 0 Å². The first-order chi connectivity index (χ1) is 9.29. The van der Waals surface area contributed by atoms with Gasteiger partial charge in [-0.2, -0.15) is 0 Å². The number of benzene rings is 1. The molecule has 1 N–H and O–H groups in total. The van der Waals surface area contributed by atoms with Crippen molar-refractivity contribution in [1.82, 2.24) is 10.5 Å². The molecule has 1 aromatic heterocycles. The number of hydrogen-bond acceptors (Lipinski definition) is 4. The Kier molecular flexibility index (Phi) is 4.98. The Balaban J connectivity index is 1.86. The Labute approximate surface area is 113 Å². The van der Waals surface area contributed by atoms with E-state index in [2.05, 4.69) is 36.5 Å². The minimum absolute atomic E-state index is 0.255. The minimum Gasteiger partial charge on any atom is -0.494 e. The SMILES string of the molecule is CCCOc1ccc(C(C)NCc2ccno2)cc1. The maximum absolute atomic E-state index is 5.57. The van der Waals surface area contributed by atoms with Crippen LogP contribution in [0.5, 0.6) is 5.75 Å². The summed E-state index contributed by atoms with van der Waals surface area (Å²) >= 11 is 0. The van der Waals surface area contributed by atoms with E-state index in [1.807, 2.05) is 18.2 Å². The molecule has 4 nitrogen and oxygen atoms in total. The van der Waals surface area contributed by atoms with Crippen LogP contribution < -0.4 is 10.1 Å². The summed E-state index contributed by atoms with van der Waals surface area (Å²) < 4.78 is 10.6. The van der Waals surface area contributed by atoms with Gasteiger partial charge in [0.1, 0.15) is 11.5 Å². The third-order valence-electron chi connectivity index (χ3n) is 2.93. The van der Waals surface area contributed by atoms with E-state index >= 15 is 0 Å². The van der Waals surface area contributed by atoms with Crippen LogP contribution in [0.25, 0.3) is 0 Å². The first kappa shape index (κ1) is 13.6. The lowest BCUT2D eigenvalue weighted by molar-refractivity contribution is 0.317. The van der Waals surface area contributed by atoms with E-state index < -0.39 is 0 Å². The minimum atomic E-state index is 0.255. The zero-order valence-electron chi connectivity index (χ0n) is 11.4. The molecule has 0 fully saturated rings. The first-order valence-electron chi connectivity index (χ1n) is 6.65. The second-order valence-electron chi connectivity index (χ2n) is 4.50. The van der Waals surface area contributed by atoms with Crippen molar-refractivity contribution in [3.63, 3.8) is 0 Å². The maximum Gasteiger partial charge on any atom is 0.150 e. The van der Waals surface area contributed by atoms with Crippen LogP contribution in [0.3, 0.4) is 0 Å². The summed E-state index contributed by atoms with van der Waals surface area (Å²) in [5, 5.41) is 7.07. The van der Waals surface area contributed by atoms with Crippen molar-refractivity contribution in [2.24, 2.45) is 0 Å². The highest BCUT2D eigenvalue weighted by molar-refractivity contribution is 5.28. The smallest absolute Gasteiger partial charge is 0.150 e. The maximum atomic E-state index is 5.57. The van der Waals surface area contributed by atoms with Crippen molar-refractivity contribution in [2.75, 3.05) is 6.61 Å². The van der Waals surface area contributed by atoms with E-state index in [0.29, 0.717) is 6.54 Å². The third kappa shape index (κ3) is 4.10. The van der Waals surface area contributed by atoms with Gasteiger partial charge in [-0.15, -0.1) is 0 Å². The van der Waals surface area contributed by atoms with Crippen molar-refractivity contribution in [3.05, 3.63) is 47.9 Å². The molecular formula is C15H20N2O2. The molecule has 0 aliphatic rings. The zero-order chi connectivity index (χ0) is 13.5. The molecule has 0 aliphatic heterocycles. The van der Waals surface area contributed by atoms with Crippen molar-refractivity contribution in [2.45, 2.75) is 32.9 Å². The fraction of sp³-hybridized carbons (Fsp3) is 0.400. The van der Waals surface area contributed by atoms with Crippen molar-refractivity contribution in [1.29, 1.82) is 0 Å². The van der Waals surface area contributed by atoms with Crippen LogP contribution in [0.1, 0.15) is 37.6 Å². The van der Waals surface area contributed by atoms with Crippen molar-refractivity contribution >= 4 is 0 Å². The van der Waals surface area contributed by atoms with Gasteiger partial charge in [0, 0.05) is 12.1 Å². The zero-order valence-corrected chi connectivity index (χ0v) is 11.4. The van der Waals surface area contributed by atoms with Gasteiger partial charge in [0.15, 0.2) is 0 Å². The fourth-order valence-electron chi connectivity index (χ4n) is 1.78. The highest BCUT2D eigenvalue weighted by atomic mass is 16.5. The Morgan fingerprint density at radius 3 is 2.68 bits per heavy atom. The van der Waals surface area contributed by atoms with Crippen molar-refractivity contribution in [3.8, 4) is 5.75 Å². The molecule has 2 rings (SSSR count). The van der Waals surface area contributed by atoms with Crippen LogP contribution >= 0.6 is 0 Å². The molecule has 0 saturated heterocycles. The predicted molar refractivity (Wildman–Crippen MR) is 74.0 cm³/mol. The topological polar surface area (TPSA) is 47.3 Å². The number of ether oxygens (including phenoxy) is 1. The number of rotatable bonds is 7. The number of aromatic nitrogens is 1. The van der Waals surface area contributed by atoms with Gasteiger partial charge >= 0.3 is 0 Å². The van der Waals surface area contributed by atoms with Gasteiger partial charge in [0.05, 0.1) is 19.3 Å². The average Bonchev–Trinajstić information content (AvgIpc) is 2.96. The molecule has 1 unspecified atom stereocenters. The Bertz CT molecular complexity index is 465. The Morgan fingerprint density at radius 2 is 2.05 bits per heavy atom. The molecule has 1 heterocycles. The second kappa shape index (κ2) is 6.95. The lowest BCUT2D eigenvalue weighted by Crippen LogP contribution is -2.17. The molecule has 19 heavy (non-hydrogen) atoms. The Hall–Kier alpha value is -1.81. The van der Waals surface area contributed by atoms with E-state index in [0.717, 1.165) is 24.5 Å². The fourth-order valence-corrected chi connectivity index (χ4v) is 1.78. The standard InChI is InChI=1S/C15H20N2O2/c1-3-10-18-14-6-4-13(5-7-14)12(2)16-11-15-8-9-17-19-15/h4-9,12,16H,3,10-11H2,1-2H3. The largest absolute Gasteiger partial charge is 0.494 e. The van der Waals surface area contributed by atoms with Crippen LogP contribution in [0.4, 0.5) is 0 Å². The molecule has 1 atom stereocenters. The van der Waals surface area contributed by atoms with E-state index in [1.165, 1.54) is 5.56 Å². The predicted octanol–water partition coefficient (Wildman–Crippen LogP) is 3.31. The summed E-state index contributed by atoms with van der Waals surface area (Å²) in [6.07, 6.45) is 2.68. The third-order valence-corrected chi connectivity index (χ3v) is 2.93. The van der Waals surface area contributed by atoms with Crippen LogP contribution in [0.2, 0.25) is 0 Å². The summed E-state index contributed by atoms with van der Waals surface area (Å²) in [6.45, 7) is 5.66. The van der Waals surface area contributed by atoms with Gasteiger partial charge in [-0.05, 0) is 31.0 Å². The summed E-state index contributed by atoms with van der Waals surface area (Å²) in [6, 6.07) is 10.3. The quantitative estimate of drug-likeness (QED) is 0.829. The number of nitrogens with zero attached hydrogens (tertiary/aromatic N) is 1. The molecule has 4 heteroatoms. The van der Waals surface area contributed by atoms with Gasteiger partial charge < -0.3 is 14.6 Å². The summed E-state index contributed by atoms with van der Waals surface area (Å²) in [7, 11) is 0. The van der Waals surface area contributed by atoms with Crippen LogP contribution in [0.15, 0.2) is 41.1 Å². The Morgan fingerprint density at radius 1 is 1.26 bits per heavy atom. The molecule has 0 radical (unpaired) electrons. The summed E-state index contributed by atoms with van der Waals surface area (Å²) in [5.41, 5.74) is 1.23. The summed E-state index contributed by atoms with van der Waals surface area (Å²) in [4.78, 5) is 0. The molecular weight excluding hydrogens is 240 g/mol. The highest BCUT2D eigenvalue weighted by Crippen LogP contribution is 2.18. The highest BCUT2D eigenvalue weighted by Gasteiger charge is 2.06. The van der Waals surface area contributed by atoms with Crippen LogP contribution in [-0.4, -0.2) is 11.8 Å². The number of hydrogen-bond donors (Lipinski definition) is 1. The van der Waals surface area contributed by atoms with E-state index in [4.69, 9.17) is 9.26 Å². The summed E-state index contributed by atoms with van der Waals surface area (Å²) in [5.74, 6) is 1.77. The molecule has 0 saturated carbocycles. The second-order valence-corrected chi connectivity index (χ2v) is 4.50.